The van der Waals surface area contributed by atoms with E-state index in [1.165, 1.54) is 17.9 Å². The van der Waals surface area contributed by atoms with Crippen LogP contribution in [-0.2, 0) is 9.53 Å². The molecule has 1 aromatic carbocycles. The Balaban J connectivity index is 2.27. The van der Waals surface area contributed by atoms with E-state index in [0.29, 0.717) is 5.70 Å². The summed E-state index contributed by atoms with van der Waals surface area (Å²) in [4.78, 5) is 23.0. The van der Waals surface area contributed by atoms with E-state index in [4.69, 9.17) is 9.47 Å². The predicted octanol–water partition coefficient (Wildman–Crippen LogP) is 1.15. The van der Waals surface area contributed by atoms with Crippen molar-refractivity contribution in [3.63, 3.8) is 0 Å². The van der Waals surface area contributed by atoms with Gasteiger partial charge in [-0.3, -0.25) is 10.1 Å². The van der Waals surface area contributed by atoms with Gasteiger partial charge < -0.3 is 19.9 Å². The maximum absolute atomic E-state index is 12.4. The molecule has 142 valence electrons. The molecule has 2 N–H and O–H groups in total. The standard InChI is InChI=1S/C15H16N6O6/c1-4-27-10-6-8(5-9(13(10)22)21(24)25)12-11(14(23)26-3)7(2)16-15-17-18-19-20(12)15/h5-6,12,22H,4H2,1-3H3,(H,16,17,19). The lowest BCUT2D eigenvalue weighted by Gasteiger charge is -2.27. The number of nitrogens with one attached hydrogen (secondary N) is 1. The zero-order valence-electron chi connectivity index (χ0n) is 14.7. The Labute approximate surface area is 152 Å². The number of benzene rings is 1. The zero-order valence-corrected chi connectivity index (χ0v) is 14.7. The number of fused-ring (bicyclic) bond motifs is 1. The van der Waals surface area contributed by atoms with E-state index in [2.05, 4.69) is 20.8 Å². The van der Waals surface area contributed by atoms with E-state index in [-0.39, 0.29) is 29.4 Å². The van der Waals surface area contributed by atoms with Gasteiger partial charge in [-0.1, -0.05) is 5.10 Å². The average molecular weight is 376 g/mol. The van der Waals surface area contributed by atoms with Gasteiger partial charge in [-0.15, -0.1) is 0 Å². The molecule has 1 unspecified atom stereocenters. The quantitative estimate of drug-likeness (QED) is 0.441. The first-order valence-electron chi connectivity index (χ1n) is 7.87. The van der Waals surface area contributed by atoms with Gasteiger partial charge in [-0.25, -0.2) is 4.79 Å². The molecule has 0 spiro atoms. The third kappa shape index (κ3) is 3.01. The molecular weight excluding hydrogens is 360 g/mol. The molecule has 12 nitrogen and oxygen atoms in total. The van der Waals surface area contributed by atoms with Crippen molar-refractivity contribution in [1.29, 1.82) is 0 Å². The number of carbonyl (C=O) groups is 1. The average Bonchev–Trinajstić information content (AvgIpc) is 3.09. The lowest BCUT2D eigenvalue weighted by atomic mass is 9.95. The van der Waals surface area contributed by atoms with Gasteiger partial charge in [0.05, 0.1) is 24.2 Å². The predicted molar refractivity (Wildman–Crippen MR) is 90.2 cm³/mol. The van der Waals surface area contributed by atoms with Crippen molar-refractivity contribution in [3.05, 3.63) is 39.1 Å². The summed E-state index contributed by atoms with van der Waals surface area (Å²) < 4.78 is 11.5. The maximum Gasteiger partial charge on any atom is 0.338 e. The Kier molecular flexibility index (Phi) is 4.62. The molecule has 1 aliphatic rings. The molecule has 12 heteroatoms. The molecule has 0 saturated heterocycles. The van der Waals surface area contributed by atoms with Crippen molar-refractivity contribution in [1.82, 2.24) is 20.2 Å². The smallest absolute Gasteiger partial charge is 0.338 e. The number of nitrogens with zero attached hydrogens (tertiary/aromatic N) is 5. The highest BCUT2D eigenvalue weighted by Gasteiger charge is 2.36. The van der Waals surface area contributed by atoms with Crippen molar-refractivity contribution >= 4 is 17.6 Å². The number of phenolic OH excluding ortho intramolecular Hbond substituents is 1. The van der Waals surface area contributed by atoms with Crippen LogP contribution in [0.3, 0.4) is 0 Å². The number of aromatic hydroxyl groups is 1. The van der Waals surface area contributed by atoms with Crippen LogP contribution in [0.2, 0.25) is 0 Å². The number of methoxy groups -OCH3 is 1. The molecular formula is C15H16N6O6. The summed E-state index contributed by atoms with van der Waals surface area (Å²) in [5.41, 5.74) is 0.311. The molecule has 1 aromatic heterocycles. The summed E-state index contributed by atoms with van der Waals surface area (Å²) >= 11 is 0. The van der Waals surface area contributed by atoms with Crippen LogP contribution >= 0.6 is 0 Å². The largest absolute Gasteiger partial charge is 0.500 e. The first-order chi connectivity index (χ1) is 12.9. The molecule has 0 amide bonds. The molecule has 0 aliphatic carbocycles. The summed E-state index contributed by atoms with van der Waals surface area (Å²) in [6, 6.07) is 1.64. The van der Waals surface area contributed by atoms with E-state index in [0.717, 1.165) is 6.07 Å². The summed E-state index contributed by atoms with van der Waals surface area (Å²) in [5.74, 6) is -1.09. The highest BCUT2D eigenvalue weighted by atomic mass is 16.6. The van der Waals surface area contributed by atoms with E-state index in [1.807, 2.05) is 0 Å². The van der Waals surface area contributed by atoms with Gasteiger partial charge in [0.25, 0.3) is 0 Å². The minimum Gasteiger partial charge on any atom is -0.500 e. The van der Waals surface area contributed by atoms with Gasteiger partial charge in [-0.2, -0.15) is 4.68 Å². The summed E-state index contributed by atoms with van der Waals surface area (Å²) in [7, 11) is 1.22. The SMILES string of the molecule is CCOc1cc(C2C(C(=O)OC)=C(C)Nc3nnnn32)cc([N+](=O)[O-])c1O. The topological polar surface area (TPSA) is 155 Å². The van der Waals surface area contributed by atoms with Crippen LogP contribution in [-0.4, -0.2) is 49.9 Å². The molecule has 27 heavy (non-hydrogen) atoms. The Morgan fingerprint density at radius 3 is 2.85 bits per heavy atom. The van der Waals surface area contributed by atoms with Crippen molar-refractivity contribution < 1.29 is 24.3 Å². The fourth-order valence-corrected chi connectivity index (χ4v) is 2.87. The van der Waals surface area contributed by atoms with Gasteiger partial charge >= 0.3 is 11.7 Å². The molecule has 1 atom stereocenters. The second-order valence-corrected chi connectivity index (χ2v) is 5.58. The normalized spacial score (nSPS) is 15.7. The highest BCUT2D eigenvalue weighted by Crippen LogP contribution is 2.43. The number of rotatable bonds is 5. The van der Waals surface area contributed by atoms with Crippen LogP contribution in [0.15, 0.2) is 23.4 Å². The number of carbonyl (C=O) groups excluding carboxylic acids is 1. The second kappa shape index (κ2) is 6.90. The van der Waals surface area contributed by atoms with Gasteiger partial charge in [-0.05, 0) is 35.9 Å². The number of allylic oxidation sites excluding steroid dienone is 1. The van der Waals surface area contributed by atoms with Crippen LogP contribution in [0.5, 0.6) is 11.5 Å². The van der Waals surface area contributed by atoms with Gasteiger partial charge in [0, 0.05) is 11.8 Å². The third-order valence-electron chi connectivity index (χ3n) is 4.01. The lowest BCUT2D eigenvalue weighted by Crippen LogP contribution is -2.29. The number of anilines is 1. The van der Waals surface area contributed by atoms with Crippen molar-refractivity contribution in [2.45, 2.75) is 19.9 Å². The fraction of sp³-hybridized carbons (Fsp3) is 0.333. The van der Waals surface area contributed by atoms with E-state index < -0.39 is 28.4 Å². The Morgan fingerprint density at radius 1 is 1.48 bits per heavy atom. The molecule has 2 heterocycles. The number of esters is 1. The van der Waals surface area contributed by atoms with Crippen LogP contribution in [0.25, 0.3) is 0 Å². The molecule has 0 fully saturated rings. The first-order valence-corrected chi connectivity index (χ1v) is 7.87. The number of hydrogen-bond donors (Lipinski definition) is 2. The van der Waals surface area contributed by atoms with Crippen molar-refractivity contribution in [3.8, 4) is 11.5 Å². The summed E-state index contributed by atoms with van der Waals surface area (Å²) in [6.45, 7) is 3.48. The van der Waals surface area contributed by atoms with Crippen LogP contribution < -0.4 is 10.1 Å². The number of ether oxygens (including phenoxy) is 2. The number of nitro groups is 1. The summed E-state index contributed by atoms with van der Waals surface area (Å²) in [5, 5.41) is 35.6. The monoisotopic (exact) mass is 376 g/mol. The molecule has 0 saturated carbocycles. The number of tetrazole rings is 1. The van der Waals surface area contributed by atoms with E-state index in [1.54, 1.807) is 13.8 Å². The van der Waals surface area contributed by atoms with Crippen molar-refractivity contribution in [2.24, 2.45) is 0 Å². The summed E-state index contributed by atoms with van der Waals surface area (Å²) in [6.07, 6.45) is 0. The number of hydrogen-bond acceptors (Lipinski definition) is 10. The van der Waals surface area contributed by atoms with Gasteiger partial charge in [0.15, 0.2) is 5.75 Å². The fourth-order valence-electron chi connectivity index (χ4n) is 2.87. The molecule has 2 aromatic rings. The van der Waals surface area contributed by atoms with Gasteiger partial charge in [0.2, 0.25) is 11.7 Å². The van der Waals surface area contributed by atoms with Crippen LogP contribution in [0.1, 0.15) is 25.5 Å². The minimum absolute atomic E-state index is 0.0864. The molecule has 0 bridgehead atoms. The number of nitro benzene ring substituents is 1. The van der Waals surface area contributed by atoms with Crippen LogP contribution in [0.4, 0.5) is 11.6 Å². The first kappa shape index (κ1) is 18.1. The highest BCUT2D eigenvalue weighted by molar-refractivity contribution is 5.92. The lowest BCUT2D eigenvalue weighted by molar-refractivity contribution is -0.386. The zero-order chi connectivity index (χ0) is 19.7. The van der Waals surface area contributed by atoms with Gasteiger partial charge in [0.1, 0.15) is 6.04 Å². The van der Waals surface area contributed by atoms with Crippen molar-refractivity contribution in [2.75, 3.05) is 19.0 Å². The Bertz CT molecular complexity index is 952. The minimum atomic E-state index is -0.915. The molecule has 0 radical (unpaired) electrons. The van der Waals surface area contributed by atoms with Crippen LogP contribution in [0, 0.1) is 10.1 Å². The molecule has 1 aliphatic heterocycles. The van der Waals surface area contributed by atoms with E-state index >= 15 is 0 Å². The second-order valence-electron chi connectivity index (χ2n) is 5.58. The van der Waals surface area contributed by atoms with E-state index in [9.17, 15) is 20.0 Å². The molecule has 3 rings (SSSR count). The number of aromatic nitrogens is 4. The Morgan fingerprint density at radius 2 is 2.22 bits per heavy atom. The Hall–Kier alpha value is -3.70. The maximum atomic E-state index is 12.4. The third-order valence-corrected chi connectivity index (χ3v) is 4.01. The number of phenols is 1.